The molecule has 0 heterocycles. The SMILES string of the molecule is CC/C=C\C/C=C\C/C=C\C/C=C\C/C=C\CCCCCC(=O)OC[C@H](COP(=O)(O)OC[C@@H](O)COP(=O)(O)OC[C@@H](COC(=O)CCCCCCCCCCCCCCC)OC(=O)CCCCCCC/C=C\CCCCCCCC)OC(=O)CCCCC/C=C\C/C=C\C/C=C\C/C=C\C/C=C\CC. The molecule has 5 atom stereocenters. The van der Waals surface area contributed by atoms with Crippen molar-refractivity contribution in [1.82, 2.24) is 0 Å². The van der Waals surface area contributed by atoms with E-state index >= 15 is 0 Å². The minimum absolute atomic E-state index is 0.0445. The van der Waals surface area contributed by atoms with Gasteiger partial charge in [-0.1, -0.05) is 303 Å². The quantitative estimate of drug-likeness (QED) is 0.0169. The van der Waals surface area contributed by atoms with Crippen molar-refractivity contribution >= 4 is 39.5 Å². The molecular formula is C87H148O17P2. The van der Waals surface area contributed by atoms with Crippen LogP contribution in [0.5, 0.6) is 0 Å². The molecule has 0 aromatic rings. The fourth-order valence-corrected chi connectivity index (χ4v) is 12.4. The molecule has 0 aliphatic rings. The van der Waals surface area contributed by atoms with Crippen LogP contribution in [0.4, 0.5) is 0 Å². The first-order valence-electron chi connectivity index (χ1n) is 41.4. The number of carbonyl (C=O) groups excluding carboxylic acids is 4. The van der Waals surface area contributed by atoms with E-state index in [9.17, 15) is 43.2 Å². The molecule has 0 saturated carbocycles. The number of carbonyl (C=O) groups is 4. The van der Waals surface area contributed by atoms with Gasteiger partial charge in [-0.2, -0.15) is 0 Å². The molecule has 608 valence electrons. The van der Waals surface area contributed by atoms with Crippen molar-refractivity contribution in [3.05, 3.63) is 134 Å². The van der Waals surface area contributed by atoms with E-state index in [2.05, 4.69) is 161 Å². The Morgan fingerprint density at radius 1 is 0.274 bits per heavy atom. The number of esters is 4. The second kappa shape index (κ2) is 78.3. The number of hydrogen-bond acceptors (Lipinski definition) is 15. The van der Waals surface area contributed by atoms with Crippen molar-refractivity contribution in [3.8, 4) is 0 Å². The topological polar surface area (TPSA) is 237 Å². The Morgan fingerprint density at radius 2 is 0.491 bits per heavy atom. The Morgan fingerprint density at radius 3 is 0.774 bits per heavy atom. The largest absolute Gasteiger partial charge is 0.472 e. The molecule has 17 nitrogen and oxygen atoms in total. The maximum absolute atomic E-state index is 13.1. The average molecular weight is 1530 g/mol. The summed E-state index contributed by atoms with van der Waals surface area (Å²) < 4.78 is 68.7. The van der Waals surface area contributed by atoms with E-state index in [1.54, 1.807) is 0 Å². The first-order chi connectivity index (χ1) is 51.7. The Hall–Kier alpha value is -4.80. The Kier molecular flexibility index (Phi) is 74.8. The monoisotopic (exact) mass is 1530 g/mol. The smallest absolute Gasteiger partial charge is 0.462 e. The normalized spacial score (nSPS) is 14.5. The minimum atomic E-state index is -5.00. The molecule has 0 aromatic carbocycles. The van der Waals surface area contributed by atoms with E-state index < -0.39 is 97.5 Å². The van der Waals surface area contributed by atoms with Crippen LogP contribution < -0.4 is 0 Å². The second-order valence-electron chi connectivity index (χ2n) is 27.3. The maximum Gasteiger partial charge on any atom is 0.472 e. The lowest BCUT2D eigenvalue weighted by molar-refractivity contribution is -0.161. The second-order valence-corrected chi connectivity index (χ2v) is 30.2. The number of aliphatic hydroxyl groups is 1. The summed E-state index contributed by atoms with van der Waals surface area (Å²) in [5.74, 6) is -2.25. The van der Waals surface area contributed by atoms with E-state index in [0.29, 0.717) is 25.7 Å². The van der Waals surface area contributed by atoms with E-state index in [1.165, 1.54) is 96.3 Å². The van der Waals surface area contributed by atoms with E-state index in [1.807, 2.05) is 0 Å². The Balaban J connectivity index is 5.44. The number of hydrogen-bond donors (Lipinski definition) is 3. The van der Waals surface area contributed by atoms with Gasteiger partial charge in [-0.3, -0.25) is 37.3 Å². The average Bonchev–Trinajstić information content (AvgIpc) is 0.903. The highest BCUT2D eigenvalue weighted by Crippen LogP contribution is 2.45. The van der Waals surface area contributed by atoms with Crippen LogP contribution in [0.15, 0.2) is 134 Å². The zero-order chi connectivity index (χ0) is 77.4. The van der Waals surface area contributed by atoms with Crippen LogP contribution in [0.25, 0.3) is 0 Å². The van der Waals surface area contributed by atoms with Gasteiger partial charge in [-0.15, -0.1) is 0 Å². The lowest BCUT2D eigenvalue weighted by atomic mass is 10.0. The number of aliphatic hydroxyl groups excluding tert-OH is 1. The highest BCUT2D eigenvalue weighted by atomic mass is 31.2. The minimum Gasteiger partial charge on any atom is -0.462 e. The predicted molar refractivity (Wildman–Crippen MR) is 436 cm³/mol. The van der Waals surface area contributed by atoms with Crippen molar-refractivity contribution in [2.45, 2.75) is 354 Å². The molecule has 0 aliphatic heterocycles. The molecule has 0 aliphatic carbocycles. The van der Waals surface area contributed by atoms with Gasteiger partial charge >= 0.3 is 39.5 Å². The Bertz CT molecular complexity index is 2530. The third-order valence-corrected chi connectivity index (χ3v) is 19.0. The van der Waals surface area contributed by atoms with Crippen LogP contribution in [0.2, 0.25) is 0 Å². The van der Waals surface area contributed by atoms with Crippen molar-refractivity contribution in [2.24, 2.45) is 0 Å². The predicted octanol–water partition coefficient (Wildman–Crippen LogP) is 24.4. The van der Waals surface area contributed by atoms with Gasteiger partial charge in [0.1, 0.15) is 19.3 Å². The van der Waals surface area contributed by atoms with Crippen molar-refractivity contribution in [3.63, 3.8) is 0 Å². The number of phosphoric ester groups is 2. The molecule has 0 saturated heterocycles. The van der Waals surface area contributed by atoms with Crippen LogP contribution in [0.1, 0.15) is 336 Å². The molecule has 3 N–H and O–H groups in total. The van der Waals surface area contributed by atoms with E-state index in [4.69, 9.17) is 37.0 Å². The lowest BCUT2D eigenvalue weighted by Crippen LogP contribution is -2.30. The van der Waals surface area contributed by atoms with Gasteiger partial charge in [0.15, 0.2) is 12.2 Å². The third kappa shape index (κ3) is 77.4. The first kappa shape index (κ1) is 101. The summed E-state index contributed by atoms with van der Waals surface area (Å²) in [6.07, 6.45) is 88.5. The molecule has 0 radical (unpaired) electrons. The summed E-state index contributed by atoms with van der Waals surface area (Å²) in [7, 11) is -9.99. The first-order valence-corrected chi connectivity index (χ1v) is 44.4. The van der Waals surface area contributed by atoms with Gasteiger partial charge in [-0.25, -0.2) is 9.13 Å². The summed E-state index contributed by atoms with van der Waals surface area (Å²) in [5.41, 5.74) is 0. The van der Waals surface area contributed by atoms with Crippen molar-refractivity contribution in [2.75, 3.05) is 39.6 Å². The molecule has 19 heteroatoms. The fraction of sp³-hybridized carbons (Fsp3) is 0.701. The van der Waals surface area contributed by atoms with Crippen LogP contribution in [0.3, 0.4) is 0 Å². The van der Waals surface area contributed by atoms with Crippen LogP contribution in [0, 0.1) is 0 Å². The molecule has 0 fully saturated rings. The van der Waals surface area contributed by atoms with Gasteiger partial charge in [0.2, 0.25) is 0 Å². The van der Waals surface area contributed by atoms with Gasteiger partial charge < -0.3 is 33.8 Å². The number of phosphoric acid groups is 2. The zero-order valence-electron chi connectivity index (χ0n) is 66.6. The molecule has 0 amide bonds. The van der Waals surface area contributed by atoms with Gasteiger partial charge in [-0.05, 0) is 141 Å². The lowest BCUT2D eigenvalue weighted by Gasteiger charge is -2.21. The molecule has 0 spiro atoms. The van der Waals surface area contributed by atoms with Crippen LogP contribution in [-0.2, 0) is 65.4 Å². The molecule has 0 bridgehead atoms. The Labute approximate surface area is 644 Å². The summed E-state index contributed by atoms with van der Waals surface area (Å²) in [6.45, 7) is 4.59. The summed E-state index contributed by atoms with van der Waals surface area (Å²) in [5, 5.41) is 10.7. The highest BCUT2D eigenvalue weighted by molar-refractivity contribution is 7.47. The third-order valence-electron chi connectivity index (χ3n) is 17.1. The van der Waals surface area contributed by atoms with Crippen LogP contribution >= 0.6 is 15.6 Å². The summed E-state index contributed by atoms with van der Waals surface area (Å²) in [4.78, 5) is 73.1. The highest BCUT2D eigenvalue weighted by Gasteiger charge is 2.30. The van der Waals surface area contributed by atoms with E-state index in [-0.39, 0.29) is 25.7 Å². The van der Waals surface area contributed by atoms with Gasteiger partial charge in [0, 0.05) is 25.7 Å². The van der Waals surface area contributed by atoms with Crippen LogP contribution in [-0.4, -0.2) is 96.7 Å². The number of allylic oxidation sites excluding steroid dienone is 22. The molecule has 2 unspecified atom stereocenters. The molecular weight excluding hydrogens is 1380 g/mol. The molecule has 106 heavy (non-hydrogen) atoms. The number of rotatable bonds is 77. The van der Waals surface area contributed by atoms with Crippen molar-refractivity contribution in [1.29, 1.82) is 0 Å². The zero-order valence-corrected chi connectivity index (χ0v) is 68.4. The molecule has 0 aromatic heterocycles. The van der Waals surface area contributed by atoms with Gasteiger partial charge in [0.05, 0.1) is 26.4 Å². The molecule has 0 rings (SSSR count). The summed E-state index contributed by atoms with van der Waals surface area (Å²) in [6, 6.07) is 0. The fourth-order valence-electron chi connectivity index (χ4n) is 10.9. The van der Waals surface area contributed by atoms with Gasteiger partial charge in [0.25, 0.3) is 0 Å². The summed E-state index contributed by atoms with van der Waals surface area (Å²) >= 11 is 0. The number of unbranched alkanes of at least 4 members (excludes halogenated alkanes) is 29. The van der Waals surface area contributed by atoms with Crippen molar-refractivity contribution < 1.29 is 80.2 Å². The standard InChI is InChI=1S/C87H148O17P2/c1-5-9-13-17-21-25-29-33-36-38-40-42-45-48-52-56-60-64-68-72-85(90)98-78-83(104-87(92)74-70-66-62-58-54-50-46-43-41-39-37-34-30-26-22-18-14-10-6-2)80-102-106(95,96)100-76-81(88)75-99-105(93,94)101-79-82(77-97-84(89)71-67-63-59-55-51-47-32-28-24-20-16-12-8-4)103-86(91)73-69-65-61-57-53-49-44-35-31-27-23-19-15-11-7-3/h9-10,13-14,21-22,25-26,33-37,40-44,48,50,52,54,81-83,88H,5-8,11-12,15-20,23-24,27-32,38-39,45-47,49,51,53,55-80H2,1-4H3,(H,93,94)(H,95,96)/b13-9-,14-10-,25-21-,26-22-,36-33-,37-34-,42-40-,43-41-,44-35-,52-48-,54-50-/t81-,82+,83+/m0/s1. The van der Waals surface area contributed by atoms with E-state index in [0.717, 1.165) is 161 Å². The number of ether oxygens (including phenoxy) is 4. The maximum atomic E-state index is 13.1.